The van der Waals surface area contributed by atoms with Crippen molar-refractivity contribution in [2.45, 2.75) is 44.6 Å². The van der Waals surface area contributed by atoms with Crippen LogP contribution in [0, 0.1) is 0 Å². The Morgan fingerprint density at radius 1 is 1.13 bits per heavy atom. The molecule has 0 bridgehead atoms. The van der Waals surface area contributed by atoms with Crippen molar-refractivity contribution in [2.24, 2.45) is 0 Å². The molecule has 1 fully saturated rings. The average molecular weight is 408 g/mol. The summed E-state index contributed by atoms with van der Waals surface area (Å²) in [5.41, 5.74) is 3.43. The number of piperidine rings is 1. The molecule has 2 aromatic rings. The number of hydrogen-bond acceptors (Lipinski definition) is 4. The van der Waals surface area contributed by atoms with E-state index in [1.54, 1.807) is 13.3 Å². The smallest absolute Gasteiger partial charge is 0.255 e. The molecule has 4 rings (SSSR count). The van der Waals surface area contributed by atoms with Gasteiger partial charge in [0.05, 0.1) is 23.0 Å². The summed E-state index contributed by atoms with van der Waals surface area (Å²) in [4.78, 5) is 34.2. The zero-order chi connectivity index (χ0) is 20.9. The second-order valence-electron chi connectivity index (χ2n) is 8.05. The number of anilines is 1. The van der Waals surface area contributed by atoms with Gasteiger partial charge in [-0.15, -0.1) is 0 Å². The molecule has 2 amide bonds. The summed E-state index contributed by atoms with van der Waals surface area (Å²) in [6.07, 6.45) is 6.50. The van der Waals surface area contributed by atoms with E-state index >= 15 is 0 Å². The second kappa shape index (κ2) is 9.39. The Morgan fingerprint density at radius 2 is 1.90 bits per heavy atom. The maximum absolute atomic E-state index is 13.0. The maximum Gasteiger partial charge on any atom is 0.255 e. The van der Waals surface area contributed by atoms with Crippen LogP contribution in [0.1, 0.15) is 47.3 Å². The van der Waals surface area contributed by atoms with Crippen molar-refractivity contribution in [1.29, 1.82) is 0 Å². The van der Waals surface area contributed by atoms with Crippen LogP contribution in [0.4, 0.5) is 5.69 Å². The number of likely N-dealkylation sites (tertiary alicyclic amines) is 1. The third kappa shape index (κ3) is 4.54. The Bertz CT molecular complexity index is 892. The highest BCUT2D eigenvalue weighted by atomic mass is 16.5. The molecule has 0 spiro atoms. The van der Waals surface area contributed by atoms with Crippen LogP contribution >= 0.6 is 0 Å². The molecule has 2 aliphatic heterocycles. The van der Waals surface area contributed by atoms with E-state index in [1.165, 1.54) is 0 Å². The fourth-order valence-corrected chi connectivity index (χ4v) is 4.32. The number of aromatic nitrogens is 1. The molecule has 0 saturated carbocycles. The van der Waals surface area contributed by atoms with Crippen LogP contribution in [0.3, 0.4) is 0 Å². The number of hydrogen-bond donors (Lipinski definition) is 0. The predicted molar refractivity (Wildman–Crippen MR) is 116 cm³/mol. The third-order valence-electron chi connectivity index (χ3n) is 6.11. The van der Waals surface area contributed by atoms with Gasteiger partial charge in [0.25, 0.3) is 5.91 Å². The number of aryl methyl sites for hydroxylation is 2. The number of benzene rings is 1. The van der Waals surface area contributed by atoms with E-state index in [2.05, 4.69) is 4.98 Å². The SMILES string of the molecule is COC1CCN(C(=O)c2cnc3c(c2)N(C(=O)CCc2ccccc2)CCC3)CC1. The van der Waals surface area contributed by atoms with Gasteiger partial charge in [0.15, 0.2) is 0 Å². The van der Waals surface area contributed by atoms with Crippen LogP contribution in [0.15, 0.2) is 42.6 Å². The topological polar surface area (TPSA) is 62.7 Å². The lowest BCUT2D eigenvalue weighted by Crippen LogP contribution is -2.41. The van der Waals surface area contributed by atoms with E-state index in [4.69, 9.17) is 4.74 Å². The molecule has 6 nitrogen and oxygen atoms in total. The van der Waals surface area contributed by atoms with Crippen molar-refractivity contribution in [3.63, 3.8) is 0 Å². The number of nitrogens with zero attached hydrogens (tertiary/aromatic N) is 3. The minimum absolute atomic E-state index is 0.0119. The number of ether oxygens (including phenoxy) is 1. The lowest BCUT2D eigenvalue weighted by atomic mass is 10.0. The van der Waals surface area contributed by atoms with Gasteiger partial charge >= 0.3 is 0 Å². The Balaban J connectivity index is 1.47. The Kier molecular flexibility index (Phi) is 6.43. The maximum atomic E-state index is 13.0. The molecule has 1 aromatic carbocycles. The standard InChI is InChI=1S/C24H29N3O3/c1-30-20-11-14-26(15-12-20)24(29)19-16-22-21(25-17-19)8-5-13-27(22)23(28)10-9-18-6-3-2-4-7-18/h2-4,6-7,16-17,20H,5,8-15H2,1H3. The minimum Gasteiger partial charge on any atom is -0.381 e. The predicted octanol–water partition coefficient (Wildman–Crippen LogP) is 3.24. The number of rotatable bonds is 5. The minimum atomic E-state index is -0.0119. The fourth-order valence-electron chi connectivity index (χ4n) is 4.32. The van der Waals surface area contributed by atoms with Gasteiger partial charge in [-0.1, -0.05) is 30.3 Å². The first-order valence-electron chi connectivity index (χ1n) is 10.8. The largest absolute Gasteiger partial charge is 0.381 e. The number of methoxy groups -OCH3 is 1. The average Bonchev–Trinajstić information content (AvgIpc) is 2.82. The molecular weight excluding hydrogens is 378 g/mol. The lowest BCUT2D eigenvalue weighted by Gasteiger charge is -2.32. The molecule has 158 valence electrons. The van der Waals surface area contributed by atoms with Crippen LogP contribution in [-0.4, -0.2) is 54.5 Å². The van der Waals surface area contributed by atoms with E-state index < -0.39 is 0 Å². The fraction of sp³-hybridized carbons (Fsp3) is 0.458. The monoisotopic (exact) mass is 407 g/mol. The van der Waals surface area contributed by atoms with Crippen molar-refractivity contribution >= 4 is 17.5 Å². The molecule has 3 heterocycles. The van der Waals surface area contributed by atoms with Crippen LogP contribution < -0.4 is 4.90 Å². The van der Waals surface area contributed by atoms with Gasteiger partial charge in [0, 0.05) is 39.4 Å². The number of fused-ring (bicyclic) bond motifs is 1. The van der Waals surface area contributed by atoms with Crippen molar-refractivity contribution in [3.8, 4) is 0 Å². The van der Waals surface area contributed by atoms with E-state index in [-0.39, 0.29) is 17.9 Å². The molecule has 0 N–H and O–H groups in total. The number of carbonyl (C=O) groups excluding carboxylic acids is 2. The molecule has 1 saturated heterocycles. The summed E-state index contributed by atoms with van der Waals surface area (Å²) in [5, 5.41) is 0. The van der Waals surface area contributed by atoms with Gasteiger partial charge in [0.1, 0.15) is 0 Å². The summed E-state index contributed by atoms with van der Waals surface area (Å²) in [6.45, 7) is 2.06. The van der Waals surface area contributed by atoms with Gasteiger partial charge < -0.3 is 14.5 Å². The van der Waals surface area contributed by atoms with Crippen molar-refractivity contribution in [3.05, 3.63) is 59.4 Å². The van der Waals surface area contributed by atoms with Crippen LogP contribution in [0.5, 0.6) is 0 Å². The van der Waals surface area contributed by atoms with Crippen molar-refractivity contribution in [2.75, 3.05) is 31.6 Å². The third-order valence-corrected chi connectivity index (χ3v) is 6.11. The van der Waals surface area contributed by atoms with Crippen molar-refractivity contribution < 1.29 is 14.3 Å². The highest BCUT2D eigenvalue weighted by Gasteiger charge is 2.27. The van der Waals surface area contributed by atoms with E-state index in [0.717, 1.165) is 42.6 Å². The summed E-state index contributed by atoms with van der Waals surface area (Å²) < 4.78 is 5.40. The van der Waals surface area contributed by atoms with E-state index in [9.17, 15) is 9.59 Å². The zero-order valence-corrected chi connectivity index (χ0v) is 17.5. The van der Waals surface area contributed by atoms with Gasteiger partial charge in [-0.25, -0.2) is 0 Å². The normalized spacial score (nSPS) is 17.0. The molecule has 0 unspecified atom stereocenters. The molecule has 0 aliphatic carbocycles. The van der Waals surface area contributed by atoms with Crippen LogP contribution in [0.2, 0.25) is 0 Å². The Hall–Kier alpha value is -2.73. The quantitative estimate of drug-likeness (QED) is 0.763. The summed E-state index contributed by atoms with van der Waals surface area (Å²) >= 11 is 0. The number of pyridine rings is 1. The second-order valence-corrected chi connectivity index (χ2v) is 8.05. The number of amides is 2. The van der Waals surface area contributed by atoms with Gasteiger partial charge in [0.2, 0.25) is 5.91 Å². The van der Waals surface area contributed by atoms with Crippen molar-refractivity contribution in [1.82, 2.24) is 9.88 Å². The first kappa shape index (κ1) is 20.5. The van der Waals surface area contributed by atoms with E-state index in [0.29, 0.717) is 38.0 Å². The molecule has 6 heteroatoms. The summed E-state index contributed by atoms with van der Waals surface area (Å²) in [7, 11) is 1.72. The highest BCUT2D eigenvalue weighted by molar-refractivity contribution is 5.98. The van der Waals surface area contributed by atoms with E-state index in [1.807, 2.05) is 46.2 Å². The summed E-state index contributed by atoms with van der Waals surface area (Å²) in [5.74, 6) is 0.0780. The van der Waals surface area contributed by atoms with Gasteiger partial charge in [-0.05, 0) is 43.7 Å². The first-order chi connectivity index (χ1) is 14.7. The van der Waals surface area contributed by atoms with Gasteiger partial charge in [-0.3, -0.25) is 14.6 Å². The lowest BCUT2D eigenvalue weighted by molar-refractivity contribution is -0.118. The molecule has 1 aromatic heterocycles. The molecule has 0 atom stereocenters. The molecule has 0 radical (unpaired) electrons. The molecule has 30 heavy (non-hydrogen) atoms. The highest BCUT2D eigenvalue weighted by Crippen LogP contribution is 2.28. The number of carbonyl (C=O) groups is 2. The Morgan fingerprint density at radius 3 is 2.63 bits per heavy atom. The zero-order valence-electron chi connectivity index (χ0n) is 17.5. The molecule has 2 aliphatic rings. The molecular formula is C24H29N3O3. The van der Waals surface area contributed by atoms with Crippen LogP contribution in [-0.2, 0) is 22.4 Å². The summed E-state index contributed by atoms with van der Waals surface area (Å²) in [6, 6.07) is 11.9. The Labute approximate surface area is 177 Å². The van der Waals surface area contributed by atoms with Crippen LogP contribution in [0.25, 0.3) is 0 Å². The van der Waals surface area contributed by atoms with Gasteiger partial charge in [-0.2, -0.15) is 0 Å². The first-order valence-corrected chi connectivity index (χ1v) is 10.8.